The summed E-state index contributed by atoms with van der Waals surface area (Å²) in [4.78, 5) is 28.5. The highest BCUT2D eigenvalue weighted by atomic mass is 35.5. The number of aromatic nitrogens is 1. The molecule has 0 spiro atoms. The van der Waals surface area contributed by atoms with Gasteiger partial charge in [-0.2, -0.15) is 0 Å². The predicted molar refractivity (Wildman–Crippen MR) is 86.2 cm³/mol. The summed E-state index contributed by atoms with van der Waals surface area (Å²) in [7, 11) is 0. The van der Waals surface area contributed by atoms with Gasteiger partial charge in [-0.3, -0.25) is 9.59 Å². The van der Waals surface area contributed by atoms with Gasteiger partial charge in [0.2, 0.25) is 5.91 Å². The highest BCUT2D eigenvalue weighted by molar-refractivity contribution is 7.13. The number of hydrogen-bond acceptors (Lipinski definition) is 4. The molecule has 0 saturated carbocycles. The van der Waals surface area contributed by atoms with Gasteiger partial charge in [-0.05, 0) is 19.1 Å². The lowest BCUT2D eigenvalue weighted by Crippen LogP contribution is -2.36. The third-order valence-corrected chi connectivity index (χ3v) is 4.23. The molecule has 1 aromatic heterocycles. The Morgan fingerprint density at radius 3 is 2.59 bits per heavy atom. The van der Waals surface area contributed by atoms with Crippen LogP contribution in [-0.4, -0.2) is 40.0 Å². The molecule has 1 N–H and O–H groups in total. The first-order chi connectivity index (χ1) is 10.5. The zero-order valence-electron chi connectivity index (χ0n) is 12.0. The number of benzene rings is 1. The van der Waals surface area contributed by atoms with E-state index < -0.39 is 5.97 Å². The smallest absolute Gasteiger partial charge is 0.323 e. The van der Waals surface area contributed by atoms with Crippen LogP contribution >= 0.6 is 22.9 Å². The maximum absolute atomic E-state index is 12.1. The van der Waals surface area contributed by atoms with E-state index >= 15 is 0 Å². The van der Waals surface area contributed by atoms with E-state index in [1.807, 2.05) is 17.5 Å². The van der Waals surface area contributed by atoms with Crippen LogP contribution in [0.2, 0.25) is 5.02 Å². The molecule has 0 fully saturated rings. The lowest BCUT2D eigenvalue weighted by atomic mass is 10.2. The van der Waals surface area contributed by atoms with Crippen LogP contribution < -0.4 is 0 Å². The number of carbonyl (C=O) groups is 2. The molecule has 5 nitrogen and oxygen atoms in total. The summed E-state index contributed by atoms with van der Waals surface area (Å²) in [5.41, 5.74) is 1.58. The summed E-state index contributed by atoms with van der Waals surface area (Å²) in [6.07, 6.45) is 0.102. The van der Waals surface area contributed by atoms with Crippen LogP contribution in [0.5, 0.6) is 0 Å². The van der Waals surface area contributed by atoms with Crippen molar-refractivity contribution in [3.8, 4) is 10.6 Å². The summed E-state index contributed by atoms with van der Waals surface area (Å²) >= 11 is 7.29. The maximum Gasteiger partial charge on any atom is 0.323 e. The van der Waals surface area contributed by atoms with Gasteiger partial charge in [-0.25, -0.2) is 4.98 Å². The monoisotopic (exact) mass is 338 g/mol. The number of aliphatic carboxylic acids is 1. The average molecular weight is 339 g/mol. The third-order valence-electron chi connectivity index (χ3n) is 3.04. The minimum atomic E-state index is -1.02. The molecule has 0 aliphatic rings. The Kier molecular flexibility index (Phi) is 5.51. The number of hydrogen-bond donors (Lipinski definition) is 1. The zero-order chi connectivity index (χ0) is 16.1. The van der Waals surface area contributed by atoms with E-state index in [1.165, 1.54) is 16.2 Å². The fourth-order valence-electron chi connectivity index (χ4n) is 1.92. The lowest BCUT2D eigenvalue weighted by molar-refractivity contribution is -0.144. The van der Waals surface area contributed by atoms with E-state index in [-0.39, 0.29) is 18.9 Å². The normalized spacial score (nSPS) is 10.5. The molecule has 0 unspecified atom stereocenters. The Hall–Kier alpha value is -1.92. The first kappa shape index (κ1) is 16.5. The minimum Gasteiger partial charge on any atom is -0.480 e. The van der Waals surface area contributed by atoms with E-state index in [0.717, 1.165) is 10.6 Å². The van der Waals surface area contributed by atoms with Gasteiger partial charge >= 0.3 is 5.97 Å². The number of amides is 1. The molecule has 2 aromatic rings. The standard InChI is InChI=1S/C15H15ClN2O3S/c1-2-18(8-14(20)21)13(19)7-12-9-22-15(17-12)10-3-5-11(16)6-4-10/h3-6,9H,2,7-8H2,1H3,(H,20,21). The van der Waals surface area contributed by atoms with Gasteiger partial charge in [0.1, 0.15) is 11.6 Å². The van der Waals surface area contributed by atoms with E-state index in [4.69, 9.17) is 16.7 Å². The van der Waals surface area contributed by atoms with Crippen LogP contribution in [0.15, 0.2) is 29.6 Å². The first-order valence-electron chi connectivity index (χ1n) is 6.69. The fourth-order valence-corrected chi connectivity index (χ4v) is 2.87. The van der Waals surface area contributed by atoms with E-state index in [2.05, 4.69) is 4.98 Å². The molecule has 1 aromatic carbocycles. The van der Waals surface area contributed by atoms with Gasteiger partial charge in [0, 0.05) is 22.5 Å². The second kappa shape index (κ2) is 7.38. The molecule has 2 rings (SSSR count). The fraction of sp³-hybridized carbons (Fsp3) is 0.267. The van der Waals surface area contributed by atoms with Crippen LogP contribution in [0.3, 0.4) is 0 Å². The summed E-state index contributed by atoms with van der Waals surface area (Å²) in [6.45, 7) is 1.82. The van der Waals surface area contributed by atoms with Crippen LogP contribution in [0.4, 0.5) is 0 Å². The Labute approximate surface area is 137 Å². The van der Waals surface area contributed by atoms with Crippen molar-refractivity contribution in [1.29, 1.82) is 0 Å². The molecule has 22 heavy (non-hydrogen) atoms. The highest BCUT2D eigenvalue weighted by Crippen LogP contribution is 2.25. The molecule has 0 bridgehead atoms. The molecule has 0 radical (unpaired) electrons. The van der Waals surface area contributed by atoms with E-state index in [0.29, 0.717) is 17.3 Å². The van der Waals surface area contributed by atoms with Crippen LogP contribution in [0, 0.1) is 0 Å². The molecule has 116 valence electrons. The third kappa shape index (κ3) is 4.29. The SMILES string of the molecule is CCN(CC(=O)O)C(=O)Cc1csc(-c2ccc(Cl)cc2)n1. The maximum atomic E-state index is 12.1. The van der Waals surface area contributed by atoms with Crippen molar-refractivity contribution in [1.82, 2.24) is 9.88 Å². The topological polar surface area (TPSA) is 70.5 Å². The number of halogens is 1. The van der Waals surface area contributed by atoms with Gasteiger partial charge in [0.05, 0.1) is 12.1 Å². The Bertz CT molecular complexity index is 670. The van der Waals surface area contributed by atoms with Gasteiger partial charge in [0.25, 0.3) is 0 Å². The van der Waals surface area contributed by atoms with E-state index in [9.17, 15) is 9.59 Å². The van der Waals surface area contributed by atoms with Crippen molar-refractivity contribution in [2.75, 3.05) is 13.1 Å². The number of nitrogens with zero attached hydrogens (tertiary/aromatic N) is 2. The first-order valence-corrected chi connectivity index (χ1v) is 7.95. The number of carboxylic acid groups (broad SMARTS) is 1. The molecule has 0 aliphatic carbocycles. The largest absolute Gasteiger partial charge is 0.480 e. The minimum absolute atomic E-state index is 0.102. The Morgan fingerprint density at radius 1 is 1.32 bits per heavy atom. The lowest BCUT2D eigenvalue weighted by Gasteiger charge is -2.17. The number of carbonyl (C=O) groups excluding carboxylic acids is 1. The summed E-state index contributed by atoms with van der Waals surface area (Å²) in [5.74, 6) is -1.26. The van der Waals surface area contributed by atoms with Crippen molar-refractivity contribution < 1.29 is 14.7 Å². The van der Waals surface area contributed by atoms with Crippen molar-refractivity contribution in [2.45, 2.75) is 13.3 Å². The van der Waals surface area contributed by atoms with Crippen LogP contribution in [0.25, 0.3) is 10.6 Å². The summed E-state index contributed by atoms with van der Waals surface area (Å²) < 4.78 is 0. The molecular weight excluding hydrogens is 324 g/mol. The van der Waals surface area contributed by atoms with Crippen LogP contribution in [0.1, 0.15) is 12.6 Å². The number of rotatable bonds is 6. The number of carboxylic acids is 1. The Balaban J connectivity index is 2.06. The molecule has 0 aliphatic heterocycles. The molecular formula is C15H15ClN2O3S. The molecule has 0 atom stereocenters. The molecule has 7 heteroatoms. The molecule has 1 amide bonds. The van der Waals surface area contributed by atoms with Crippen molar-refractivity contribution in [3.05, 3.63) is 40.4 Å². The van der Waals surface area contributed by atoms with E-state index in [1.54, 1.807) is 19.1 Å². The molecule has 1 heterocycles. The predicted octanol–water partition coefficient (Wildman–Crippen LogP) is 2.94. The number of likely N-dealkylation sites (N-methyl/N-ethyl adjacent to an activating group) is 1. The van der Waals surface area contributed by atoms with Crippen molar-refractivity contribution in [3.63, 3.8) is 0 Å². The van der Waals surface area contributed by atoms with Gasteiger partial charge in [0.15, 0.2) is 0 Å². The highest BCUT2D eigenvalue weighted by Gasteiger charge is 2.17. The quantitative estimate of drug-likeness (QED) is 0.879. The number of thiazole rings is 1. The van der Waals surface area contributed by atoms with Crippen molar-refractivity contribution in [2.24, 2.45) is 0 Å². The second-order valence-electron chi connectivity index (χ2n) is 4.63. The summed E-state index contributed by atoms with van der Waals surface area (Å²) in [5, 5.41) is 12.1. The van der Waals surface area contributed by atoms with Crippen molar-refractivity contribution >= 4 is 34.8 Å². The molecule has 0 saturated heterocycles. The van der Waals surface area contributed by atoms with Gasteiger partial charge in [-0.15, -0.1) is 11.3 Å². The van der Waals surface area contributed by atoms with Gasteiger partial charge < -0.3 is 10.0 Å². The summed E-state index contributed by atoms with van der Waals surface area (Å²) in [6, 6.07) is 7.31. The Morgan fingerprint density at radius 2 is 2.00 bits per heavy atom. The van der Waals surface area contributed by atoms with Gasteiger partial charge in [-0.1, -0.05) is 23.7 Å². The average Bonchev–Trinajstić information content (AvgIpc) is 2.93. The second-order valence-corrected chi connectivity index (χ2v) is 5.92. The zero-order valence-corrected chi connectivity index (χ0v) is 13.5. The van der Waals surface area contributed by atoms with Crippen LogP contribution in [-0.2, 0) is 16.0 Å².